The molecule has 0 unspecified atom stereocenters. The highest BCUT2D eigenvalue weighted by molar-refractivity contribution is 6.32. The molecular formula is C19H18O4. The van der Waals surface area contributed by atoms with Crippen LogP contribution in [0.2, 0.25) is 0 Å². The van der Waals surface area contributed by atoms with Crippen molar-refractivity contribution in [2.24, 2.45) is 0 Å². The zero-order valence-corrected chi connectivity index (χ0v) is 13.3. The number of Topliss-reactive ketones (excluding diaryl/α,β-unsaturated/α-hetero) is 2. The molecule has 118 valence electrons. The molecule has 0 spiro atoms. The van der Waals surface area contributed by atoms with E-state index >= 15 is 0 Å². The van der Waals surface area contributed by atoms with E-state index in [1.54, 1.807) is 18.2 Å². The average molecular weight is 310 g/mol. The Kier molecular flexibility index (Phi) is 3.20. The van der Waals surface area contributed by atoms with Crippen molar-refractivity contribution in [2.75, 3.05) is 0 Å². The molecule has 4 nitrogen and oxygen atoms in total. The summed E-state index contributed by atoms with van der Waals surface area (Å²) in [4.78, 5) is 25.3. The quantitative estimate of drug-likeness (QED) is 0.794. The van der Waals surface area contributed by atoms with Crippen LogP contribution in [0.15, 0.2) is 42.5 Å². The van der Waals surface area contributed by atoms with Gasteiger partial charge in [0.1, 0.15) is 5.75 Å². The summed E-state index contributed by atoms with van der Waals surface area (Å²) in [6, 6.07) is 11.0. The van der Waals surface area contributed by atoms with E-state index in [9.17, 15) is 19.8 Å². The van der Waals surface area contributed by atoms with Crippen molar-refractivity contribution in [3.8, 4) is 5.75 Å². The van der Waals surface area contributed by atoms with E-state index in [2.05, 4.69) is 0 Å². The van der Waals surface area contributed by atoms with Gasteiger partial charge < -0.3 is 10.2 Å². The highest BCUT2D eigenvalue weighted by Crippen LogP contribution is 2.42. The van der Waals surface area contributed by atoms with Crippen LogP contribution in [-0.2, 0) is 11.0 Å². The van der Waals surface area contributed by atoms with Crippen LogP contribution in [0.3, 0.4) is 0 Å². The minimum atomic E-state index is -2.37. The smallest absolute Gasteiger partial charge is 0.220 e. The van der Waals surface area contributed by atoms with Crippen LogP contribution in [0, 0.1) is 0 Å². The first-order valence-corrected chi connectivity index (χ1v) is 7.42. The number of hydrogen-bond acceptors (Lipinski definition) is 4. The molecule has 23 heavy (non-hydrogen) atoms. The van der Waals surface area contributed by atoms with Crippen LogP contribution >= 0.6 is 0 Å². The molecule has 2 N–H and O–H groups in total. The van der Waals surface area contributed by atoms with Crippen LogP contribution < -0.4 is 0 Å². The molecule has 0 saturated heterocycles. The maximum atomic E-state index is 12.7. The van der Waals surface area contributed by atoms with Crippen molar-refractivity contribution in [3.05, 3.63) is 64.7 Å². The molecule has 0 heterocycles. The third-order valence-corrected chi connectivity index (χ3v) is 4.33. The number of hydrogen-bond donors (Lipinski definition) is 2. The zero-order chi connectivity index (χ0) is 17.0. The molecule has 0 atom stereocenters. The lowest BCUT2D eigenvalue weighted by molar-refractivity contribution is 0.0312. The number of phenols is 1. The minimum absolute atomic E-state index is 0.0591. The van der Waals surface area contributed by atoms with Crippen LogP contribution in [0.4, 0.5) is 0 Å². The molecule has 2 aromatic rings. The summed E-state index contributed by atoms with van der Waals surface area (Å²) < 4.78 is 0. The standard InChI is InChI=1S/C19H18O4/c1-18(2,3)11-8-9-15(20)14(10-11)19(23)16(21)12-6-4-5-7-13(12)17(19)22/h4-10,20,23H,1-3H3. The fourth-order valence-electron chi connectivity index (χ4n) is 2.91. The Hall–Kier alpha value is -2.46. The lowest BCUT2D eigenvalue weighted by atomic mass is 9.81. The van der Waals surface area contributed by atoms with Gasteiger partial charge in [-0.15, -0.1) is 0 Å². The first-order valence-electron chi connectivity index (χ1n) is 7.42. The predicted molar refractivity (Wildman–Crippen MR) is 85.8 cm³/mol. The van der Waals surface area contributed by atoms with Crippen molar-refractivity contribution in [1.29, 1.82) is 0 Å². The van der Waals surface area contributed by atoms with Gasteiger partial charge in [0.25, 0.3) is 0 Å². The Morgan fingerprint density at radius 2 is 1.43 bits per heavy atom. The van der Waals surface area contributed by atoms with Crippen LogP contribution in [0.25, 0.3) is 0 Å². The van der Waals surface area contributed by atoms with Crippen molar-refractivity contribution in [3.63, 3.8) is 0 Å². The molecule has 0 amide bonds. The van der Waals surface area contributed by atoms with E-state index in [4.69, 9.17) is 0 Å². The largest absolute Gasteiger partial charge is 0.508 e. The predicted octanol–water partition coefficient (Wildman–Crippen LogP) is 2.96. The number of phenolic OH excluding ortho intramolecular Hbond substituents is 1. The van der Waals surface area contributed by atoms with E-state index < -0.39 is 17.2 Å². The molecule has 2 aromatic carbocycles. The molecule has 0 bridgehead atoms. The van der Waals surface area contributed by atoms with Gasteiger partial charge in [-0.25, -0.2) is 0 Å². The van der Waals surface area contributed by atoms with Gasteiger partial charge in [-0.3, -0.25) is 9.59 Å². The first-order chi connectivity index (χ1) is 10.7. The summed E-state index contributed by atoms with van der Waals surface area (Å²) in [7, 11) is 0. The average Bonchev–Trinajstić information content (AvgIpc) is 2.70. The van der Waals surface area contributed by atoms with E-state index in [0.717, 1.165) is 5.56 Å². The summed E-state index contributed by atoms with van der Waals surface area (Å²) in [5, 5.41) is 21.1. The zero-order valence-electron chi connectivity index (χ0n) is 13.3. The highest BCUT2D eigenvalue weighted by Gasteiger charge is 2.54. The van der Waals surface area contributed by atoms with Gasteiger partial charge in [0.15, 0.2) is 0 Å². The van der Waals surface area contributed by atoms with Crippen LogP contribution in [0.1, 0.15) is 52.6 Å². The molecule has 3 rings (SSSR count). The van der Waals surface area contributed by atoms with Gasteiger partial charge in [0.2, 0.25) is 17.2 Å². The van der Waals surface area contributed by atoms with Gasteiger partial charge in [0.05, 0.1) is 0 Å². The highest BCUT2D eigenvalue weighted by atomic mass is 16.3. The number of benzene rings is 2. The van der Waals surface area contributed by atoms with Crippen molar-refractivity contribution >= 4 is 11.6 Å². The number of aromatic hydroxyl groups is 1. The van der Waals surface area contributed by atoms with E-state index in [1.165, 1.54) is 24.3 Å². The van der Waals surface area contributed by atoms with Crippen LogP contribution in [0.5, 0.6) is 5.75 Å². The second kappa shape index (κ2) is 4.77. The molecule has 0 saturated carbocycles. The molecule has 0 aliphatic heterocycles. The topological polar surface area (TPSA) is 74.6 Å². The summed E-state index contributed by atoms with van der Waals surface area (Å²) in [5.41, 5.74) is -1.50. The summed E-state index contributed by atoms with van der Waals surface area (Å²) in [6.45, 7) is 5.92. The van der Waals surface area contributed by atoms with E-state index in [-0.39, 0.29) is 27.9 Å². The molecule has 1 aliphatic carbocycles. The molecular weight excluding hydrogens is 292 g/mol. The van der Waals surface area contributed by atoms with Crippen LogP contribution in [-0.4, -0.2) is 21.8 Å². The monoisotopic (exact) mass is 310 g/mol. The third kappa shape index (κ3) is 2.10. The van der Waals surface area contributed by atoms with E-state index in [0.29, 0.717) is 0 Å². The van der Waals surface area contributed by atoms with Gasteiger partial charge in [-0.1, -0.05) is 51.1 Å². The normalized spacial score (nSPS) is 16.5. The van der Waals surface area contributed by atoms with Crippen molar-refractivity contribution in [1.82, 2.24) is 0 Å². The second-order valence-corrected chi connectivity index (χ2v) is 6.90. The molecule has 0 aromatic heterocycles. The van der Waals surface area contributed by atoms with E-state index in [1.807, 2.05) is 20.8 Å². The number of ketones is 2. The summed E-state index contributed by atoms with van der Waals surface area (Å²) in [5.74, 6) is -1.66. The van der Waals surface area contributed by atoms with Gasteiger partial charge in [-0.05, 0) is 23.1 Å². The van der Waals surface area contributed by atoms with Crippen molar-refractivity contribution in [2.45, 2.75) is 31.8 Å². The Labute approximate surface area is 134 Å². The SMILES string of the molecule is CC(C)(C)c1ccc(O)c(C2(O)C(=O)c3ccccc3C2=O)c1. The Morgan fingerprint density at radius 3 is 1.91 bits per heavy atom. The Morgan fingerprint density at radius 1 is 0.913 bits per heavy atom. The number of carbonyl (C=O) groups is 2. The van der Waals surface area contributed by atoms with Gasteiger partial charge in [0, 0.05) is 16.7 Å². The second-order valence-electron chi connectivity index (χ2n) is 6.90. The minimum Gasteiger partial charge on any atom is -0.508 e. The summed E-state index contributed by atoms with van der Waals surface area (Å²) in [6.07, 6.45) is 0. The fraction of sp³-hybridized carbons (Fsp3) is 0.263. The number of carbonyl (C=O) groups excluding carboxylic acids is 2. The lowest BCUT2D eigenvalue weighted by Crippen LogP contribution is -2.38. The molecule has 0 fully saturated rings. The lowest BCUT2D eigenvalue weighted by Gasteiger charge is -2.25. The molecule has 0 radical (unpaired) electrons. The molecule has 1 aliphatic rings. The summed E-state index contributed by atoms with van der Waals surface area (Å²) >= 11 is 0. The maximum Gasteiger partial charge on any atom is 0.220 e. The van der Waals surface area contributed by atoms with Gasteiger partial charge >= 0.3 is 0 Å². The Bertz CT molecular complexity index is 793. The third-order valence-electron chi connectivity index (χ3n) is 4.33. The number of rotatable bonds is 1. The van der Waals surface area contributed by atoms with Crippen molar-refractivity contribution < 1.29 is 19.8 Å². The Balaban J connectivity index is 2.23. The fourth-order valence-corrected chi connectivity index (χ4v) is 2.91. The number of fused-ring (bicyclic) bond motifs is 1. The molecule has 4 heteroatoms. The number of aliphatic hydroxyl groups is 1. The first kappa shape index (κ1) is 15.4. The van der Waals surface area contributed by atoms with Gasteiger partial charge in [-0.2, -0.15) is 0 Å². The maximum absolute atomic E-state index is 12.7.